The van der Waals surface area contributed by atoms with Crippen molar-refractivity contribution in [3.63, 3.8) is 0 Å². The number of hydrogen-bond acceptors (Lipinski definition) is 2. The van der Waals surface area contributed by atoms with Crippen LogP contribution in [0.25, 0.3) is 0 Å². The minimum atomic E-state index is -0.312. The van der Waals surface area contributed by atoms with E-state index in [1.807, 2.05) is 45.0 Å². The molecule has 1 aromatic rings. The van der Waals surface area contributed by atoms with E-state index < -0.39 is 0 Å². The fourth-order valence-corrected chi connectivity index (χ4v) is 2.62. The molecule has 0 aliphatic carbocycles. The highest BCUT2D eigenvalue weighted by Crippen LogP contribution is 2.21. The molecule has 2 amide bonds. The van der Waals surface area contributed by atoms with Crippen LogP contribution < -0.4 is 5.32 Å². The highest BCUT2D eigenvalue weighted by atomic mass is 16.2. The Labute approximate surface area is 120 Å². The third-order valence-electron chi connectivity index (χ3n) is 3.70. The topological polar surface area (TPSA) is 49.4 Å². The number of aryl methyl sites for hydroxylation is 1. The van der Waals surface area contributed by atoms with Gasteiger partial charge in [0.2, 0.25) is 11.8 Å². The van der Waals surface area contributed by atoms with E-state index in [2.05, 4.69) is 5.32 Å². The van der Waals surface area contributed by atoms with E-state index in [1.54, 1.807) is 4.90 Å². The summed E-state index contributed by atoms with van der Waals surface area (Å²) < 4.78 is 0. The van der Waals surface area contributed by atoms with Gasteiger partial charge in [0.15, 0.2) is 0 Å². The van der Waals surface area contributed by atoms with Crippen LogP contribution in [0.4, 0.5) is 0 Å². The maximum absolute atomic E-state index is 12.2. The monoisotopic (exact) mass is 274 g/mol. The number of amides is 2. The molecule has 1 heterocycles. The lowest BCUT2D eigenvalue weighted by molar-refractivity contribution is -0.137. The zero-order valence-electron chi connectivity index (χ0n) is 12.3. The first-order valence-electron chi connectivity index (χ1n) is 7.13. The summed E-state index contributed by atoms with van der Waals surface area (Å²) in [5, 5.41) is 2.93. The molecule has 2 rings (SSSR count). The number of nitrogens with one attached hydrogen (secondary N) is 1. The maximum atomic E-state index is 12.2. The largest absolute Gasteiger partial charge is 0.350 e. The number of carbonyl (C=O) groups excluding carboxylic acids is 2. The Bertz CT molecular complexity index is 494. The summed E-state index contributed by atoms with van der Waals surface area (Å²) in [6.45, 7) is 6.44. The number of hydrogen-bond donors (Lipinski definition) is 1. The van der Waals surface area contributed by atoms with E-state index >= 15 is 0 Å². The highest BCUT2D eigenvalue weighted by Gasteiger charge is 2.37. The van der Waals surface area contributed by atoms with Crippen LogP contribution in [0.1, 0.15) is 37.8 Å². The molecule has 108 valence electrons. The first-order valence-corrected chi connectivity index (χ1v) is 7.13. The van der Waals surface area contributed by atoms with Crippen molar-refractivity contribution in [3.8, 4) is 0 Å². The highest BCUT2D eigenvalue weighted by molar-refractivity contribution is 5.91. The number of nitrogens with zero attached hydrogens (tertiary/aromatic N) is 1. The molecule has 0 saturated carbocycles. The molecular weight excluding hydrogens is 252 g/mol. The van der Waals surface area contributed by atoms with Gasteiger partial charge in [-0.15, -0.1) is 0 Å². The van der Waals surface area contributed by atoms with E-state index in [1.165, 1.54) is 5.56 Å². The third-order valence-corrected chi connectivity index (χ3v) is 3.70. The Morgan fingerprint density at radius 2 is 2.00 bits per heavy atom. The van der Waals surface area contributed by atoms with Crippen molar-refractivity contribution < 1.29 is 9.59 Å². The molecule has 0 spiro atoms. The Kier molecular flexibility index (Phi) is 4.42. The summed E-state index contributed by atoms with van der Waals surface area (Å²) in [5.74, 6) is 0.0283. The van der Waals surface area contributed by atoms with Crippen LogP contribution in [0.3, 0.4) is 0 Å². The SMILES string of the molecule is Cc1ccc(CNC(=O)[C@H]2CCC(=O)N2C(C)C)cc1. The molecule has 1 saturated heterocycles. The van der Waals surface area contributed by atoms with Gasteiger partial charge in [0.05, 0.1) is 0 Å². The fraction of sp³-hybridized carbons (Fsp3) is 0.500. The van der Waals surface area contributed by atoms with Crippen molar-refractivity contribution in [2.45, 2.75) is 52.2 Å². The molecule has 1 aliphatic heterocycles. The zero-order chi connectivity index (χ0) is 14.7. The molecule has 0 radical (unpaired) electrons. The van der Waals surface area contributed by atoms with Crippen LogP contribution in [-0.2, 0) is 16.1 Å². The molecule has 1 aromatic carbocycles. The number of benzene rings is 1. The number of carbonyl (C=O) groups is 2. The Morgan fingerprint density at radius 3 is 2.60 bits per heavy atom. The molecule has 0 bridgehead atoms. The Hall–Kier alpha value is -1.84. The van der Waals surface area contributed by atoms with Crippen LogP contribution in [0.5, 0.6) is 0 Å². The second-order valence-corrected chi connectivity index (χ2v) is 5.65. The molecule has 20 heavy (non-hydrogen) atoms. The minimum absolute atomic E-state index is 0.0508. The van der Waals surface area contributed by atoms with Gasteiger partial charge >= 0.3 is 0 Å². The van der Waals surface area contributed by atoms with E-state index in [0.29, 0.717) is 19.4 Å². The Balaban J connectivity index is 1.94. The van der Waals surface area contributed by atoms with E-state index in [4.69, 9.17) is 0 Å². The van der Waals surface area contributed by atoms with Gasteiger partial charge in [-0.3, -0.25) is 9.59 Å². The summed E-state index contributed by atoms with van der Waals surface area (Å²) >= 11 is 0. The van der Waals surface area contributed by atoms with Crippen LogP contribution >= 0.6 is 0 Å². The van der Waals surface area contributed by atoms with Gasteiger partial charge in [0.1, 0.15) is 6.04 Å². The lowest BCUT2D eigenvalue weighted by Crippen LogP contribution is -2.47. The van der Waals surface area contributed by atoms with Crippen LogP contribution in [0, 0.1) is 6.92 Å². The van der Waals surface area contributed by atoms with Gasteiger partial charge in [-0.1, -0.05) is 29.8 Å². The van der Waals surface area contributed by atoms with Gasteiger partial charge in [0.25, 0.3) is 0 Å². The summed E-state index contributed by atoms with van der Waals surface area (Å²) in [6.07, 6.45) is 1.09. The summed E-state index contributed by atoms with van der Waals surface area (Å²) in [5.41, 5.74) is 2.27. The van der Waals surface area contributed by atoms with Crippen molar-refractivity contribution in [2.75, 3.05) is 0 Å². The van der Waals surface area contributed by atoms with Gasteiger partial charge in [-0.05, 0) is 32.8 Å². The first kappa shape index (κ1) is 14.6. The molecule has 1 fully saturated rings. The van der Waals surface area contributed by atoms with Crippen LogP contribution in [0.2, 0.25) is 0 Å². The molecule has 4 heteroatoms. The predicted molar refractivity (Wildman–Crippen MR) is 78.0 cm³/mol. The third kappa shape index (κ3) is 3.18. The van der Waals surface area contributed by atoms with Crippen molar-refractivity contribution in [1.82, 2.24) is 10.2 Å². The van der Waals surface area contributed by atoms with Crippen LogP contribution in [-0.4, -0.2) is 28.8 Å². The minimum Gasteiger partial charge on any atom is -0.350 e. The summed E-state index contributed by atoms with van der Waals surface area (Å²) in [6, 6.07) is 7.83. The Morgan fingerprint density at radius 1 is 1.35 bits per heavy atom. The van der Waals surface area contributed by atoms with Gasteiger partial charge < -0.3 is 10.2 Å². The van der Waals surface area contributed by atoms with Crippen LogP contribution in [0.15, 0.2) is 24.3 Å². The van der Waals surface area contributed by atoms with Gasteiger partial charge in [0, 0.05) is 19.0 Å². The average Bonchev–Trinajstić information content (AvgIpc) is 2.80. The van der Waals surface area contributed by atoms with Gasteiger partial charge in [-0.2, -0.15) is 0 Å². The molecule has 1 N–H and O–H groups in total. The van der Waals surface area contributed by atoms with Crippen molar-refractivity contribution in [1.29, 1.82) is 0 Å². The maximum Gasteiger partial charge on any atom is 0.243 e. The predicted octanol–water partition coefficient (Wildman–Crippen LogP) is 2.01. The fourth-order valence-electron chi connectivity index (χ4n) is 2.62. The molecular formula is C16H22N2O2. The molecule has 4 nitrogen and oxygen atoms in total. The van der Waals surface area contributed by atoms with Crippen molar-refractivity contribution in [2.24, 2.45) is 0 Å². The average molecular weight is 274 g/mol. The van der Waals surface area contributed by atoms with E-state index in [-0.39, 0.29) is 23.9 Å². The lowest BCUT2D eigenvalue weighted by Gasteiger charge is -2.27. The molecule has 0 unspecified atom stereocenters. The van der Waals surface area contributed by atoms with Crippen molar-refractivity contribution >= 4 is 11.8 Å². The normalized spacial score (nSPS) is 18.7. The smallest absolute Gasteiger partial charge is 0.243 e. The van der Waals surface area contributed by atoms with Gasteiger partial charge in [-0.25, -0.2) is 0 Å². The van der Waals surface area contributed by atoms with E-state index in [9.17, 15) is 9.59 Å². The molecule has 1 atom stereocenters. The summed E-state index contributed by atoms with van der Waals surface area (Å²) in [4.78, 5) is 25.7. The molecule has 0 aromatic heterocycles. The number of likely N-dealkylation sites (tertiary alicyclic amines) is 1. The summed E-state index contributed by atoms with van der Waals surface area (Å²) in [7, 11) is 0. The quantitative estimate of drug-likeness (QED) is 0.913. The first-order chi connectivity index (χ1) is 9.49. The second-order valence-electron chi connectivity index (χ2n) is 5.65. The van der Waals surface area contributed by atoms with Crippen molar-refractivity contribution in [3.05, 3.63) is 35.4 Å². The standard InChI is InChI=1S/C16H22N2O2/c1-11(2)18-14(8-9-15(18)19)16(20)17-10-13-6-4-12(3)5-7-13/h4-7,11,14H,8-10H2,1-3H3,(H,17,20)/t14-/m1/s1. The molecule has 1 aliphatic rings. The zero-order valence-corrected chi connectivity index (χ0v) is 12.3. The van der Waals surface area contributed by atoms with E-state index in [0.717, 1.165) is 5.56 Å². The lowest BCUT2D eigenvalue weighted by atomic mass is 10.1. The second kappa shape index (κ2) is 6.07. The number of rotatable bonds is 4.